The summed E-state index contributed by atoms with van der Waals surface area (Å²) >= 11 is 0. The summed E-state index contributed by atoms with van der Waals surface area (Å²) in [7, 11) is 1.60. The highest BCUT2D eigenvalue weighted by molar-refractivity contribution is 5.84. The lowest BCUT2D eigenvalue weighted by Crippen LogP contribution is -2.12. The topological polar surface area (TPSA) is 59.1 Å². The summed E-state index contributed by atoms with van der Waals surface area (Å²) < 4.78 is 10.2. The molecule has 6 aromatic rings. The highest BCUT2D eigenvalue weighted by Crippen LogP contribution is 2.41. The van der Waals surface area contributed by atoms with Gasteiger partial charge in [0.25, 0.3) is 0 Å². The first-order chi connectivity index (χ1) is 27.9. The van der Waals surface area contributed by atoms with Gasteiger partial charge in [-0.3, -0.25) is 9.59 Å². The molecule has 6 rings (SSSR count). The maximum Gasteiger partial charge on any atom is 0.305 e. The van der Waals surface area contributed by atoms with Gasteiger partial charge in [-0.15, -0.1) is 0 Å². The second-order valence-corrected chi connectivity index (χ2v) is 15.5. The number of esters is 1. The molecule has 0 bridgehead atoms. The van der Waals surface area contributed by atoms with Crippen molar-refractivity contribution >= 4 is 45.9 Å². The molecule has 58 heavy (non-hydrogen) atoms. The van der Waals surface area contributed by atoms with Gasteiger partial charge in [-0.1, -0.05) is 48.5 Å². The summed E-state index contributed by atoms with van der Waals surface area (Å²) in [4.78, 5) is 28.6. The van der Waals surface area contributed by atoms with E-state index in [2.05, 4.69) is 173 Å². The standard InChI is InChI=1S/C52H56N2O4/c1-35-12-20-48(32-37(35)3)53(46-22-14-42(15-23-46)10-9-11-52(56)58-29-28-57-8)50-26-18-44(30-39(50)5)45-19-27-51(40(6)31-45)54(49-21-13-36(2)38(4)33-49)47-24-16-43(17-25-47)34-41(7)55/h12-27,30-33H,9-11,28-29,34H2,1-8H3. The number of anilines is 6. The quantitative estimate of drug-likeness (QED) is 0.0721. The number of benzene rings is 6. The average molecular weight is 773 g/mol. The molecule has 0 radical (unpaired) electrons. The Labute approximate surface area is 345 Å². The second-order valence-electron chi connectivity index (χ2n) is 15.5. The summed E-state index contributed by atoms with van der Waals surface area (Å²) in [5, 5.41) is 0. The largest absolute Gasteiger partial charge is 0.463 e. The van der Waals surface area contributed by atoms with Crippen LogP contribution in [0.5, 0.6) is 0 Å². The number of hydrogen-bond donors (Lipinski definition) is 0. The lowest BCUT2D eigenvalue weighted by molar-refractivity contribution is -0.145. The third kappa shape index (κ3) is 10.1. The Morgan fingerprint density at radius 1 is 0.500 bits per heavy atom. The van der Waals surface area contributed by atoms with E-state index in [0.717, 1.165) is 74.8 Å². The van der Waals surface area contributed by atoms with Gasteiger partial charge >= 0.3 is 5.97 Å². The predicted octanol–water partition coefficient (Wildman–Crippen LogP) is 12.8. The predicted molar refractivity (Wildman–Crippen MR) is 240 cm³/mol. The molecule has 0 saturated heterocycles. The first-order valence-corrected chi connectivity index (χ1v) is 20.2. The number of rotatable bonds is 16. The molecule has 6 nitrogen and oxygen atoms in total. The van der Waals surface area contributed by atoms with Gasteiger partial charge in [0.2, 0.25) is 0 Å². The van der Waals surface area contributed by atoms with Gasteiger partial charge in [-0.2, -0.15) is 0 Å². The Hall–Kier alpha value is -5.98. The first kappa shape index (κ1) is 41.6. The van der Waals surface area contributed by atoms with E-state index in [1.165, 1.54) is 27.8 Å². The molecule has 0 N–H and O–H groups in total. The highest BCUT2D eigenvalue weighted by atomic mass is 16.6. The molecular weight excluding hydrogens is 717 g/mol. The van der Waals surface area contributed by atoms with Crippen LogP contribution >= 0.6 is 0 Å². The maximum absolute atomic E-state index is 12.1. The van der Waals surface area contributed by atoms with Crippen LogP contribution in [0.15, 0.2) is 121 Å². The molecule has 0 saturated carbocycles. The van der Waals surface area contributed by atoms with Crippen LogP contribution in [-0.2, 0) is 31.9 Å². The number of Topliss-reactive ketones (excluding diaryl/α,β-unsaturated/α-hetero) is 1. The van der Waals surface area contributed by atoms with E-state index < -0.39 is 0 Å². The Bertz CT molecular complexity index is 2380. The van der Waals surface area contributed by atoms with Crippen molar-refractivity contribution in [1.82, 2.24) is 0 Å². The van der Waals surface area contributed by atoms with Crippen LogP contribution in [0, 0.1) is 41.5 Å². The molecule has 0 unspecified atom stereocenters. The van der Waals surface area contributed by atoms with Gasteiger partial charge in [0.05, 0.1) is 6.61 Å². The summed E-state index contributed by atoms with van der Waals surface area (Å²) in [6, 6.07) is 43.7. The third-order valence-corrected chi connectivity index (χ3v) is 10.9. The Kier molecular flexibility index (Phi) is 13.6. The number of hydrogen-bond acceptors (Lipinski definition) is 6. The molecule has 0 aliphatic carbocycles. The molecule has 0 spiro atoms. The molecule has 0 fully saturated rings. The Balaban J connectivity index is 1.29. The number of aryl methyl sites for hydroxylation is 7. The van der Waals surface area contributed by atoms with Crippen LogP contribution in [0.4, 0.5) is 34.1 Å². The van der Waals surface area contributed by atoms with Crippen LogP contribution < -0.4 is 9.80 Å². The van der Waals surface area contributed by atoms with Gasteiger partial charge in [0.1, 0.15) is 12.4 Å². The zero-order valence-electron chi connectivity index (χ0n) is 35.3. The molecule has 6 aromatic carbocycles. The molecular formula is C52H56N2O4. The van der Waals surface area contributed by atoms with Crippen LogP contribution in [0.3, 0.4) is 0 Å². The van der Waals surface area contributed by atoms with E-state index in [4.69, 9.17) is 9.47 Å². The van der Waals surface area contributed by atoms with Gasteiger partial charge in [0.15, 0.2) is 0 Å². The van der Waals surface area contributed by atoms with Crippen molar-refractivity contribution in [2.75, 3.05) is 30.1 Å². The van der Waals surface area contributed by atoms with Crippen molar-refractivity contribution in [3.63, 3.8) is 0 Å². The normalized spacial score (nSPS) is 11.0. The lowest BCUT2D eigenvalue weighted by Gasteiger charge is -2.29. The molecule has 0 amide bonds. The van der Waals surface area contributed by atoms with Crippen LogP contribution in [0.25, 0.3) is 11.1 Å². The molecule has 0 aliphatic heterocycles. The second kappa shape index (κ2) is 19.0. The van der Waals surface area contributed by atoms with E-state index in [0.29, 0.717) is 26.1 Å². The highest BCUT2D eigenvalue weighted by Gasteiger charge is 2.19. The third-order valence-electron chi connectivity index (χ3n) is 10.9. The van der Waals surface area contributed by atoms with Crippen LogP contribution in [0.2, 0.25) is 0 Å². The number of carbonyl (C=O) groups is 2. The SMILES string of the molecule is COCCOC(=O)CCCc1ccc(N(c2ccc(C)c(C)c2)c2ccc(-c3ccc(N(c4ccc(CC(C)=O)cc4)c4ccc(C)c(C)c4)c(C)c3)cc2C)cc1. The number of nitrogens with zero attached hydrogens (tertiary/aromatic N) is 2. The van der Waals surface area contributed by atoms with Crippen molar-refractivity contribution in [3.8, 4) is 11.1 Å². The van der Waals surface area contributed by atoms with Crippen molar-refractivity contribution in [2.24, 2.45) is 0 Å². The minimum atomic E-state index is -0.188. The zero-order chi connectivity index (χ0) is 41.3. The number of carbonyl (C=O) groups excluding carboxylic acids is 2. The monoisotopic (exact) mass is 772 g/mol. The Morgan fingerprint density at radius 2 is 0.966 bits per heavy atom. The van der Waals surface area contributed by atoms with Gasteiger partial charge in [-0.25, -0.2) is 0 Å². The fourth-order valence-corrected chi connectivity index (χ4v) is 7.37. The number of ketones is 1. The molecule has 0 heterocycles. The minimum Gasteiger partial charge on any atom is -0.463 e. The molecule has 6 heteroatoms. The summed E-state index contributed by atoms with van der Waals surface area (Å²) in [5.41, 5.74) is 18.3. The van der Waals surface area contributed by atoms with Crippen LogP contribution in [-0.4, -0.2) is 32.1 Å². The van der Waals surface area contributed by atoms with Gasteiger partial charge in [-0.05, 0) is 190 Å². The summed E-state index contributed by atoms with van der Waals surface area (Å²) in [5.74, 6) is -0.0314. The molecule has 0 atom stereocenters. The fraction of sp³-hybridized carbons (Fsp3) is 0.269. The van der Waals surface area contributed by atoms with E-state index in [-0.39, 0.29) is 11.8 Å². The van der Waals surface area contributed by atoms with E-state index in [1.54, 1.807) is 14.0 Å². The average Bonchev–Trinajstić information content (AvgIpc) is 3.20. The maximum atomic E-state index is 12.1. The lowest BCUT2D eigenvalue weighted by atomic mass is 9.98. The molecule has 0 aliphatic rings. The molecule has 0 aromatic heterocycles. The first-order valence-electron chi connectivity index (χ1n) is 20.2. The Morgan fingerprint density at radius 3 is 1.40 bits per heavy atom. The summed E-state index contributed by atoms with van der Waals surface area (Å²) in [6.45, 7) is 15.3. The van der Waals surface area contributed by atoms with Crippen molar-refractivity contribution in [3.05, 3.63) is 166 Å². The minimum absolute atomic E-state index is 0.156. The van der Waals surface area contributed by atoms with Crippen molar-refractivity contribution < 1.29 is 19.1 Å². The number of methoxy groups -OCH3 is 1. The van der Waals surface area contributed by atoms with Gasteiger partial charge in [0, 0.05) is 54.1 Å². The fourth-order valence-electron chi connectivity index (χ4n) is 7.37. The van der Waals surface area contributed by atoms with Crippen molar-refractivity contribution in [1.29, 1.82) is 0 Å². The van der Waals surface area contributed by atoms with Crippen molar-refractivity contribution in [2.45, 2.75) is 74.1 Å². The zero-order valence-corrected chi connectivity index (χ0v) is 35.3. The van der Waals surface area contributed by atoms with Gasteiger partial charge < -0.3 is 19.3 Å². The van der Waals surface area contributed by atoms with E-state index >= 15 is 0 Å². The van der Waals surface area contributed by atoms with Crippen LogP contribution in [0.1, 0.15) is 64.3 Å². The molecule has 298 valence electrons. The van der Waals surface area contributed by atoms with E-state index in [9.17, 15) is 9.59 Å². The summed E-state index contributed by atoms with van der Waals surface area (Å²) in [6.07, 6.45) is 2.34. The number of ether oxygens (including phenoxy) is 2. The smallest absolute Gasteiger partial charge is 0.305 e. The van der Waals surface area contributed by atoms with E-state index in [1.807, 2.05) is 0 Å².